The number of halogens is 2. The summed E-state index contributed by atoms with van der Waals surface area (Å²) < 4.78 is 12.4. The minimum Gasteiger partial charge on any atom is -0.490 e. The van der Waals surface area contributed by atoms with Gasteiger partial charge in [-0.15, -0.1) is 0 Å². The molecule has 0 aromatic heterocycles. The van der Waals surface area contributed by atoms with Crippen molar-refractivity contribution in [2.45, 2.75) is 13.5 Å². The van der Waals surface area contributed by atoms with Crippen molar-refractivity contribution < 1.29 is 19.1 Å². The van der Waals surface area contributed by atoms with E-state index in [1.807, 2.05) is 31.2 Å². The van der Waals surface area contributed by atoms with Gasteiger partial charge in [0.05, 0.1) is 12.3 Å². The molecule has 1 N–H and O–H groups in total. The van der Waals surface area contributed by atoms with Crippen molar-refractivity contribution in [1.29, 1.82) is 0 Å². The molecule has 3 aromatic carbocycles. The Balaban J connectivity index is 1.62. The number of carbonyl (C=O) groups excluding carboxylic acids is 2. The van der Waals surface area contributed by atoms with Gasteiger partial charge in [-0.25, -0.2) is 5.01 Å². The monoisotopic (exact) mass is 526 g/mol. The first-order valence-corrected chi connectivity index (χ1v) is 11.4. The fourth-order valence-electron chi connectivity index (χ4n) is 3.29. The summed E-state index contributed by atoms with van der Waals surface area (Å²) in [5.74, 6) is 0.0899. The lowest BCUT2D eigenvalue weighted by Crippen LogP contribution is -2.35. The SMILES string of the molecule is CCOc1cc(/C=C2/C(=O)NN(c3ccccc3)C2=O)c(Br)cc1OCc1ccccc1Cl. The van der Waals surface area contributed by atoms with Crippen molar-refractivity contribution >= 4 is 51.1 Å². The molecule has 0 bridgehead atoms. The highest BCUT2D eigenvalue weighted by molar-refractivity contribution is 9.10. The van der Waals surface area contributed by atoms with E-state index in [0.29, 0.717) is 38.9 Å². The number of nitrogens with zero attached hydrogens (tertiary/aromatic N) is 1. The average Bonchev–Trinajstić information content (AvgIpc) is 3.10. The van der Waals surface area contributed by atoms with Gasteiger partial charge in [-0.3, -0.25) is 15.0 Å². The van der Waals surface area contributed by atoms with Crippen molar-refractivity contribution in [3.8, 4) is 11.5 Å². The molecule has 0 unspecified atom stereocenters. The Morgan fingerprint density at radius 2 is 1.70 bits per heavy atom. The number of carbonyl (C=O) groups is 2. The fraction of sp³-hybridized carbons (Fsp3) is 0.120. The number of hydrazine groups is 1. The number of ether oxygens (including phenoxy) is 2. The highest BCUT2D eigenvalue weighted by Crippen LogP contribution is 2.36. The van der Waals surface area contributed by atoms with Crippen molar-refractivity contribution in [3.63, 3.8) is 0 Å². The summed E-state index contributed by atoms with van der Waals surface area (Å²) in [7, 11) is 0. The number of para-hydroxylation sites is 1. The first kappa shape index (κ1) is 22.9. The molecule has 0 spiro atoms. The molecular weight excluding hydrogens is 508 g/mol. The molecule has 3 aromatic rings. The third-order valence-electron chi connectivity index (χ3n) is 4.91. The minimum atomic E-state index is -0.479. The first-order valence-electron chi connectivity index (χ1n) is 10.2. The maximum Gasteiger partial charge on any atom is 0.282 e. The van der Waals surface area contributed by atoms with Gasteiger partial charge in [0, 0.05) is 15.1 Å². The molecule has 168 valence electrons. The Morgan fingerprint density at radius 1 is 1.00 bits per heavy atom. The van der Waals surface area contributed by atoms with Gasteiger partial charge in [0.25, 0.3) is 11.8 Å². The molecule has 33 heavy (non-hydrogen) atoms. The van der Waals surface area contributed by atoms with Crippen LogP contribution in [0.4, 0.5) is 5.69 Å². The number of hydrogen-bond donors (Lipinski definition) is 1. The maximum atomic E-state index is 12.9. The molecule has 2 amide bonds. The summed E-state index contributed by atoms with van der Waals surface area (Å²) in [4.78, 5) is 25.4. The van der Waals surface area contributed by atoms with Crippen LogP contribution in [-0.2, 0) is 16.2 Å². The van der Waals surface area contributed by atoms with Crippen molar-refractivity contribution in [2.24, 2.45) is 0 Å². The van der Waals surface area contributed by atoms with E-state index < -0.39 is 11.8 Å². The lowest BCUT2D eigenvalue weighted by Gasteiger charge is -2.15. The van der Waals surface area contributed by atoms with Gasteiger partial charge >= 0.3 is 0 Å². The summed E-state index contributed by atoms with van der Waals surface area (Å²) >= 11 is 9.74. The molecule has 6 nitrogen and oxygen atoms in total. The van der Waals surface area contributed by atoms with E-state index in [-0.39, 0.29) is 12.2 Å². The highest BCUT2D eigenvalue weighted by atomic mass is 79.9. The minimum absolute atomic E-state index is 0.0201. The summed E-state index contributed by atoms with van der Waals surface area (Å²) in [6.45, 7) is 2.55. The third-order valence-corrected chi connectivity index (χ3v) is 5.97. The highest BCUT2D eigenvalue weighted by Gasteiger charge is 2.34. The smallest absolute Gasteiger partial charge is 0.282 e. The van der Waals surface area contributed by atoms with Gasteiger partial charge in [-0.2, -0.15) is 0 Å². The fourth-order valence-corrected chi connectivity index (χ4v) is 3.91. The van der Waals surface area contributed by atoms with Crippen LogP contribution in [0.2, 0.25) is 5.02 Å². The molecule has 0 atom stereocenters. The lowest BCUT2D eigenvalue weighted by atomic mass is 10.1. The second-order valence-electron chi connectivity index (χ2n) is 7.11. The number of amides is 2. The number of benzene rings is 3. The van der Waals surface area contributed by atoms with Crippen LogP contribution < -0.4 is 19.9 Å². The second-order valence-corrected chi connectivity index (χ2v) is 8.37. The second kappa shape index (κ2) is 10.1. The van der Waals surface area contributed by atoms with E-state index in [0.717, 1.165) is 5.56 Å². The zero-order valence-corrected chi connectivity index (χ0v) is 20.0. The van der Waals surface area contributed by atoms with E-state index in [4.69, 9.17) is 21.1 Å². The van der Waals surface area contributed by atoms with E-state index in [1.165, 1.54) is 11.1 Å². The Kier molecular flexibility index (Phi) is 7.01. The lowest BCUT2D eigenvalue weighted by molar-refractivity contribution is -0.117. The van der Waals surface area contributed by atoms with E-state index >= 15 is 0 Å². The van der Waals surface area contributed by atoms with Crippen LogP contribution in [0.15, 0.2) is 76.8 Å². The van der Waals surface area contributed by atoms with Crippen molar-refractivity contribution in [2.75, 3.05) is 11.6 Å². The van der Waals surface area contributed by atoms with Crippen LogP contribution in [-0.4, -0.2) is 18.4 Å². The quantitative estimate of drug-likeness (QED) is 0.324. The number of rotatable bonds is 7. The summed E-state index contributed by atoms with van der Waals surface area (Å²) in [5, 5.41) is 1.84. The van der Waals surface area contributed by atoms with Crippen molar-refractivity contribution in [3.05, 3.63) is 92.9 Å². The van der Waals surface area contributed by atoms with Crippen LogP contribution in [0.25, 0.3) is 6.08 Å². The zero-order chi connectivity index (χ0) is 23.4. The Hall–Kier alpha value is -3.29. The van der Waals surface area contributed by atoms with Gasteiger partial charge in [0.1, 0.15) is 12.2 Å². The number of hydrogen-bond acceptors (Lipinski definition) is 4. The molecule has 0 radical (unpaired) electrons. The van der Waals surface area contributed by atoms with Gasteiger partial charge in [0.15, 0.2) is 11.5 Å². The topological polar surface area (TPSA) is 67.9 Å². The summed E-state index contributed by atoms with van der Waals surface area (Å²) in [6.07, 6.45) is 1.53. The first-order chi connectivity index (χ1) is 16.0. The summed E-state index contributed by atoms with van der Waals surface area (Å²) in [6, 6.07) is 19.8. The Bertz CT molecular complexity index is 1230. The normalized spacial score (nSPS) is 14.5. The van der Waals surface area contributed by atoms with E-state index in [2.05, 4.69) is 21.4 Å². The predicted molar refractivity (Wildman–Crippen MR) is 131 cm³/mol. The molecule has 1 heterocycles. The van der Waals surface area contributed by atoms with Crippen LogP contribution in [0.5, 0.6) is 11.5 Å². The molecule has 8 heteroatoms. The van der Waals surface area contributed by atoms with Crippen LogP contribution >= 0.6 is 27.5 Å². The number of anilines is 1. The van der Waals surface area contributed by atoms with Crippen LogP contribution in [0, 0.1) is 0 Å². The molecule has 1 fully saturated rings. The molecule has 0 saturated carbocycles. The largest absolute Gasteiger partial charge is 0.490 e. The van der Waals surface area contributed by atoms with Crippen LogP contribution in [0.3, 0.4) is 0 Å². The predicted octanol–water partition coefficient (Wildman–Crippen LogP) is 5.54. The summed E-state index contributed by atoms with van der Waals surface area (Å²) in [5.41, 5.74) is 4.65. The standard InChI is InChI=1S/C25H20BrClN2O4/c1-2-32-22-13-17(20(26)14-23(22)33-15-16-8-6-7-11-21(16)27)12-19-24(30)28-29(25(19)31)18-9-4-3-5-10-18/h3-14H,2,15H2,1H3,(H,28,30)/b19-12-. The maximum absolute atomic E-state index is 12.9. The third kappa shape index (κ3) is 5.05. The van der Waals surface area contributed by atoms with Gasteiger partial charge < -0.3 is 9.47 Å². The Labute approximate surface area is 204 Å². The van der Waals surface area contributed by atoms with Gasteiger partial charge in [0.2, 0.25) is 0 Å². The molecule has 1 saturated heterocycles. The van der Waals surface area contributed by atoms with E-state index in [1.54, 1.807) is 42.5 Å². The number of nitrogens with one attached hydrogen (secondary N) is 1. The van der Waals surface area contributed by atoms with E-state index in [9.17, 15) is 9.59 Å². The molecule has 1 aliphatic rings. The molecule has 4 rings (SSSR count). The molecular formula is C25H20BrClN2O4. The average molecular weight is 528 g/mol. The molecule has 0 aliphatic carbocycles. The van der Waals surface area contributed by atoms with Crippen molar-refractivity contribution in [1.82, 2.24) is 5.43 Å². The molecule has 1 aliphatic heterocycles. The van der Waals surface area contributed by atoms with Crippen LogP contribution in [0.1, 0.15) is 18.1 Å². The zero-order valence-electron chi connectivity index (χ0n) is 17.7. The Morgan fingerprint density at radius 3 is 2.42 bits per heavy atom. The van der Waals surface area contributed by atoms with Gasteiger partial charge in [-0.1, -0.05) is 63.9 Å². The van der Waals surface area contributed by atoms with Gasteiger partial charge in [-0.05, 0) is 48.9 Å².